The van der Waals surface area contributed by atoms with Crippen LogP contribution in [0.2, 0.25) is 5.02 Å². The van der Waals surface area contributed by atoms with Gasteiger partial charge < -0.3 is 9.64 Å². The first-order chi connectivity index (χ1) is 15.4. The monoisotopic (exact) mass is 476 g/mol. The van der Waals surface area contributed by atoms with E-state index >= 15 is 0 Å². The maximum absolute atomic E-state index is 13.5. The summed E-state index contributed by atoms with van der Waals surface area (Å²) in [6, 6.07) is 10.6. The molecule has 0 unspecified atom stereocenters. The van der Waals surface area contributed by atoms with Crippen LogP contribution in [0.5, 0.6) is 11.5 Å². The molecule has 0 radical (unpaired) electrons. The van der Waals surface area contributed by atoms with Crippen molar-refractivity contribution in [3.8, 4) is 11.5 Å². The minimum absolute atomic E-state index is 0.103. The number of hydrogen-bond acceptors (Lipinski definition) is 6. The van der Waals surface area contributed by atoms with E-state index in [9.17, 15) is 12.8 Å². The molecule has 0 saturated carbocycles. The first-order valence-electron chi connectivity index (χ1n) is 10.5. The molecule has 168 valence electrons. The lowest BCUT2D eigenvalue weighted by molar-refractivity contribution is 0.343. The molecule has 0 spiro atoms. The van der Waals surface area contributed by atoms with Crippen LogP contribution in [0.1, 0.15) is 24.0 Å². The predicted octanol–water partition coefficient (Wildman–Crippen LogP) is 4.13. The lowest BCUT2D eigenvalue weighted by Crippen LogP contribution is -2.36. The highest BCUT2D eigenvalue weighted by Crippen LogP contribution is 2.36. The Morgan fingerprint density at radius 3 is 2.91 bits per heavy atom. The minimum Gasteiger partial charge on any atom is -0.456 e. The van der Waals surface area contributed by atoms with Gasteiger partial charge in [-0.15, -0.1) is 0 Å². The molecule has 10 heteroatoms. The molecule has 0 N–H and O–H groups in total. The Labute approximate surface area is 191 Å². The van der Waals surface area contributed by atoms with Gasteiger partial charge in [0, 0.05) is 31.7 Å². The van der Waals surface area contributed by atoms with E-state index in [1.54, 1.807) is 30.6 Å². The van der Waals surface area contributed by atoms with E-state index in [0.717, 1.165) is 36.6 Å². The molecule has 1 fully saturated rings. The van der Waals surface area contributed by atoms with E-state index < -0.39 is 16.2 Å². The number of sulfonamides is 1. The Hall–Kier alpha value is -2.49. The van der Waals surface area contributed by atoms with Crippen molar-refractivity contribution in [3.63, 3.8) is 0 Å². The lowest BCUT2D eigenvalue weighted by Gasteiger charge is -2.29. The zero-order chi connectivity index (χ0) is 22.3. The van der Waals surface area contributed by atoms with E-state index in [-0.39, 0.29) is 30.3 Å². The number of alkyl halides is 1. The molecule has 2 aromatic rings. The van der Waals surface area contributed by atoms with Crippen LogP contribution in [0, 0.1) is 0 Å². The number of rotatable bonds is 5. The molecule has 0 aromatic heterocycles. The summed E-state index contributed by atoms with van der Waals surface area (Å²) in [5.41, 5.74) is 2.11. The van der Waals surface area contributed by atoms with Crippen molar-refractivity contribution in [1.29, 1.82) is 0 Å². The van der Waals surface area contributed by atoms with Crippen LogP contribution in [0.4, 0.5) is 10.1 Å². The fourth-order valence-corrected chi connectivity index (χ4v) is 5.98. The van der Waals surface area contributed by atoms with Crippen molar-refractivity contribution in [1.82, 2.24) is 9.21 Å². The number of hydrogen-bond donors (Lipinski definition) is 0. The molecule has 2 aromatic carbocycles. The summed E-state index contributed by atoms with van der Waals surface area (Å²) in [5, 5.41) is 0.222. The van der Waals surface area contributed by atoms with E-state index in [0.29, 0.717) is 17.1 Å². The van der Waals surface area contributed by atoms with Crippen molar-refractivity contribution < 1.29 is 17.5 Å². The van der Waals surface area contributed by atoms with Crippen molar-refractivity contribution in [3.05, 3.63) is 52.5 Å². The zero-order valence-corrected chi connectivity index (χ0v) is 18.8. The Kier molecular flexibility index (Phi) is 5.65. The molecule has 5 rings (SSSR count). The SMILES string of the molecule is O=S(=O)(Cc1cccc(Oc2ccc3c(c2)C2=NCCCN2C=N3)c1Cl)N1CC[C@@H](F)C1. The highest BCUT2D eigenvalue weighted by Gasteiger charge is 2.32. The smallest absolute Gasteiger partial charge is 0.218 e. The van der Waals surface area contributed by atoms with Gasteiger partial charge in [0.1, 0.15) is 23.5 Å². The van der Waals surface area contributed by atoms with Crippen LogP contribution in [0.15, 0.2) is 46.4 Å². The van der Waals surface area contributed by atoms with Crippen molar-refractivity contribution in [2.45, 2.75) is 24.8 Å². The summed E-state index contributed by atoms with van der Waals surface area (Å²) in [5.74, 6) is 1.47. The van der Waals surface area contributed by atoms with Crippen LogP contribution < -0.4 is 4.74 Å². The Balaban J connectivity index is 1.39. The molecule has 0 aliphatic carbocycles. The van der Waals surface area contributed by atoms with Crippen molar-refractivity contribution in [2.24, 2.45) is 9.98 Å². The average Bonchev–Trinajstić information content (AvgIpc) is 3.24. The summed E-state index contributed by atoms with van der Waals surface area (Å²) in [7, 11) is -3.67. The van der Waals surface area contributed by atoms with Gasteiger partial charge in [-0.05, 0) is 42.7 Å². The molecule has 3 aliphatic rings. The second-order valence-corrected chi connectivity index (χ2v) is 10.4. The fourth-order valence-electron chi connectivity index (χ4n) is 4.08. The zero-order valence-electron chi connectivity index (χ0n) is 17.2. The highest BCUT2D eigenvalue weighted by atomic mass is 35.5. The molecule has 32 heavy (non-hydrogen) atoms. The topological polar surface area (TPSA) is 74.6 Å². The lowest BCUT2D eigenvalue weighted by atomic mass is 10.1. The Bertz CT molecular complexity index is 1220. The second kappa shape index (κ2) is 8.46. The largest absolute Gasteiger partial charge is 0.456 e. The van der Waals surface area contributed by atoms with Crippen molar-refractivity contribution >= 4 is 39.5 Å². The van der Waals surface area contributed by atoms with E-state index in [4.69, 9.17) is 16.3 Å². The summed E-state index contributed by atoms with van der Waals surface area (Å²) in [6.45, 7) is 1.73. The first-order valence-corrected chi connectivity index (χ1v) is 12.5. The molecular formula is C22H22ClFN4O3S. The fraction of sp³-hybridized carbons (Fsp3) is 0.364. The second-order valence-electron chi connectivity index (χ2n) is 8.01. The van der Waals surface area contributed by atoms with Crippen LogP contribution in [0.25, 0.3) is 0 Å². The van der Waals surface area contributed by atoms with Crippen LogP contribution in [0.3, 0.4) is 0 Å². The number of fused-ring (bicyclic) bond motifs is 3. The third-order valence-corrected chi connectivity index (χ3v) is 7.95. The van der Waals surface area contributed by atoms with Gasteiger partial charge in [0.05, 0.1) is 22.8 Å². The first kappa shape index (κ1) is 21.4. The molecule has 3 heterocycles. The molecule has 0 bridgehead atoms. The predicted molar refractivity (Wildman–Crippen MR) is 123 cm³/mol. The molecule has 3 aliphatic heterocycles. The number of nitrogens with zero attached hydrogens (tertiary/aromatic N) is 4. The van der Waals surface area contributed by atoms with Crippen molar-refractivity contribution in [2.75, 3.05) is 26.2 Å². The number of halogens is 2. The normalized spacial score (nSPS) is 20.6. The van der Waals surface area contributed by atoms with E-state index in [1.807, 2.05) is 17.0 Å². The summed E-state index contributed by atoms with van der Waals surface area (Å²) >= 11 is 6.52. The van der Waals surface area contributed by atoms with E-state index in [2.05, 4.69) is 9.98 Å². The summed E-state index contributed by atoms with van der Waals surface area (Å²) in [4.78, 5) is 11.1. The minimum atomic E-state index is -3.67. The van der Waals surface area contributed by atoms with E-state index in [1.165, 1.54) is 4.31 Å². The van der Waals surface area contributed by atoms with Gasteiger partial charge in [-0.25, -0.2) is 17.8 Å². The number of amidine groups is 1. The Morgan fingerprint density at radius 1 is 1.22 bits per heavy atom. The standard InChI is InChI=1S/C22H22ClFN4O3S/c23-21-15(13-32(29,30)28-10-7-16(24)12-28)3-1-4-20(21)31-17-5-6-19-18(11-17)22-25-8-2-9-27(22)14-26-19/h1,3-6,11,14,16H,2,7-10,12-13H2/t16-/m1/s1. The van der Waals surface area contributed by atoms with Gasteiger partial charge >= 0.3 is 0 Å². The van der Waals surface area contributed by atoms with Gasteiger partial charge in [-0.2, -0.15) is 4.31 Å². The van der Waals surface area contributed by atoms with Gasteiger partial charge in [0.25, 0.3) is 0 Å². The van der Waals surface area contributed by atoms with Gasteiger partial charge in [-0.3, -0.25) is 4.99 Å². The Morgan fingerprint density at radius 2 is 2.09 bits per heavy atom. The quantitative estimate of drug-likeness (QED) is 0.650. The average molecular weight is 477 g/mol. The maximum Gasteiger partial charge on any atom is 0.218 e. The summed E-state index contributed by atoms with van der Waals surface area (Å²) in [6.07, 6.45) is 1.89. The third kappa shape index (κ3) is 4.12. The van der Waals surface area contributed by atoms with Gasteiger partial charge in [0.15, 0.2) is 0 Å². The van der Waals surface area contributed by atoms with Crippen LogP contribution in [-0.2, 0) is 15.8 Å². The molecule has 0 amide bonds. The maximum atomic E-state index is 13.5. The molecule has 7 nitrogen and oxygen atoms in total. The van der Waals surface area contributed by atoms with Crippen LogP contribution >= 0.6 is 11.6 Å². The third-order valence-electron chi connectivity index (χ3n) is 5.73. The number of aliphatic imine (C=N–C) groups is 2. The molecular weight excluding hydrogens is 455 g/mol. The number of ether oxygens (including phenoxy) is 1. The summed E-state index contributed by atoms with van der Waals surface area (Å²) < 4.78 is 46.1. The molecule has 1 atom stereocenters. The number of benzene rings is 2. The van der Waals surface area contributed by atoms with Crippen LogP contribution in [-0.4, -0.2) is 62.1 Å². The van der Waals surface area contributed by atoms with Gasteiger partial charge in [0.2, 0.25) is 10.0 Å². The van der Waals surface area contributed by atoms with Gasteiger partial charge in [-0.1, -0.05) is 23.7 Å². The highest BCUT2D eigenvalue weighted by molar-refractivity contribution is 7.88. The molecule has 1 saturated heterocycles.